The first-order chi connectivity index (χ1) is 13.0. The number of nitrogens with one attached hydrogen (secondary N) is 1. The van der Waals surface area contributed by atoms with Gasteiger partial charge in [0.1, 0.15) is 11.6 Å². The van der Waals surface area contributed by atoms with E-state index in [2.05, 4.69) is 16.6 Å². The minimum Gasteiger partial charge on any atom is -0.478 e. The molecule has 0 aromatic carbocycles. The van der Waals surface area contributed by atoms with Gasteiger partial charge in [-0.1, -0.05) is 6.08 Å². The summed E-state index contributed by atoms with van der Waals surface area (Å²) < 4.78 is 1.65. The highest BCUT2D eigenvalue weighted by Crippen LogP contribution is 2.36. The van der Waals surface area contributed by atoms with Crippen molar-refractivity contribution >= 4 is 28.8 Å². The maximum atomic E-state index is 12.7. The number of aromatic amines is 1. The number of aryl methyl sites for hydroxylation is 1. The molecule has 0 spiro atoms. The lowest BCUT2D eigenvalue weighted by molar-refractivity contribution is -0.132. The predicted molar refractivity (Wildman–Crippen MR) is 105 cm³/mol. The van der Waals surface area contributed by atoms with Crippen LogP contribution in [0, 0.1) is 0 Å². The van der Waals surface area contributed by atoms with Crippen LogP contribution >= 0.6 is 0 Å². The normalized spacial score (nSPS) is 21.1. The third-order valence-corrected chi connectivity index (χ3v) is 5.11. The number of hydrogen-bond acceptors (Lipinski definition) is 4. The molecular formula is C20H20N4O3. The van der Waals surface area contributed by atoms with E-state index in [0.29, 0.717) is 18.5 Å². The van der Waals surface area contributed by atoms with Gasteiger partial charge < -0.3 is 19.6 Å². The molecule has 1 aliphatic carbocycles. The third kappa shape index (κ3) is 2.71. The lowest BCUT2D eigenvalue weighted by Gasteiger charge is -2.28. The molecule has 4 rings (SSSR count). The average molecular weight is 364 g/mol. The molecule has 0 amide bonds. The Morgan fingerprint density at radius 3 is 3.04 bits per heavy atom. The molecule has 0 fully saturated rings. The van der Waals surface area contributed by atoms with Crippen LogP contribution in [0.2, 0.25) is 0 Å². The number of carboxylic acid groups (broad SMARTS) is 1. The molecule has 138 valence electrons. The minimum absolute atomic E-state index is 0.102. The van der Waals surface area contributed by atoms with Crippen LogP contribution in [0.15, 0.2) is 58.6 Å². The lowest BCUT2D eigenvalue weighted by atomic mass is 9.86. The Bertz CT molecular complexity index is 1090. The quantitative estimate of drug-likeness (QED) is 0.794. The summed E-state index contributed by atoms with van der Waals surface area (Å²) in [5.74, 6) is -0.975. The molecule has 3 heterocycles. The molecular weight excluding hydrogens is 344 g/mol. The van der Waals surface area contributed by atoms with E-state index in [4.69, 9.17) is 0 Å². The Kier molecular flexibility index (Phi) is 4.07. The second-order valence-electron chi connectivity index (χ2n) is 6.78. The van der Waals surface area contributed by atoms with E-state index in [-0.39, 0.29) is 23.2 Å². The van der Waals surface area contributed by atoms with Crippen molar-refractivity contribution in [2.75, 3.05) is 7.05 Å². The first-order valence-electron chi connectivity index (χ1n) is 8.75. The average Bonchev–Trinajstić information content (AvgIpc) is 3.28. The summed E-state index contributed by atoms with van der Waals surface area (Å²) in [5, 5.41) is 10.3. The minimum atomic E-state index is -0.975. The van der Waals surface area contributed by atoms with Gasteiger partial charge >= 0.3 is 5.97 Å². The highest BCUT2D eigenvalue weighted by Gasteiger charge is 2.35. The molecule has 2 N–H and O–H groups in total. The fourth-order valence-corrected chi connectivity index (χ4v) is 3.72. The number of aromatic nitrogens is 2. The Hall–Kier alpha value is -3.35. The Morgan fingerprint density at radius 1 is 1.48 bits per heavy atom. The number of nitrogens with zero attached hydrogens (tertiary/aromatic N) is 3. The Balaban J connectivity index is 1.93. The van der Waals surface area contributed by atoms with Crippen molar-refractivity contribution in [2.45, 2.75) is 25.0 Å². The third-order valence-electron chi connectivity index (χ3n) is 5.11. The maximum absolute atomic E-state index is 12.7. The van der Waals surface area contributed by atoms with Crippen molar-refractivity contribution in [3.05, 3.63) is 64.8 Å². The van der Waals surface area contributed by atoms with Crippen molar-refractivity contribution in [1.29, 1.82) is 0 Å². The highest BCUT2D eigenvalue weighted by atomic mass is 16.4. The van der Waals surface area contributed by atoms with Crippen molar-refractivity contribution in [3.8, 4) is 0 Å². The number of H-pyrrole nitrogens is 1. The molecule has 0 bridgehead atoms. The standard InChI is InChI=1S/C20H20N4O3/c1-3-4-7-24-10-15(13-5-6-21-18(13)19(24)25)14-8-12(20(26)27)9-16-17(14)22-11-23(16)2/h3,5-6,8-11,16-17,21H,1,4,7H2,2H3,(H,26,27). The van der Waals surface area contributed by atoms with E-state index in [1.807, 2.05) is 24.2 Å². The SMILES string of the molecule is C=CCCn1cc(C2=CC(C(=O)O)=CC3C2N=CN3C)c2cc[nH]c2c1=O. The van der Waals surface area contributed by atoms with Crippen molar-refractivity contribution < 1.29 is 9.90 Å². The van der Waals surface area contributed by atoms with E-state index >= 15 is 0 Å². The smallest absolute Gasteiger partial charge is 0.335 e. The highest BCUT2D eigenvalue weighted by molar-refractivity contribution is 6.00. The van der Waals surface area contributed by atoms with E-state index in [1.165, 1.54) is 0 Å². The molecule has 7 heteroatoms. The largest absolute Gasteiger partial charge is 0.478 e. The number of pyridine rings is 1. The molecule has 0 radical (unpaired) electrons. The molecule has 7 nitrogen and oxygen atoms in total. The van der Waals surface area contributed by atoms with Crippen LogP contribution in [0.3, 0.4) is 0 Å². The number of carbonyl (C=O) groups is 1. The number of fused-ring (bicyclic) bond motifs is 2. The van der Waals surface area contributed by atoms with Gasteiger partial charge in [0.25, 0.3) is 5.56 Å². The van der Waals surface area contributed by atoms with Crippen LogP contribution in [0.4, 0.5) is 0 Å². The van der Waals surface area contributed by atoms with Crippen molar-refractivity contribution in [2.24, 2.45) is 4.99 Å². The van der Waals surface area contributed by atoms with Gasteiger partial charge in [-0.25, -0.2) is 4.79 Å². The van der Waals surface area contributed by atoms with Crippen molar-refractivity contribution in [1.82, 2.24) is 14.5 Å². The molecule has 2 unspecified atom stereocenters. The van der Waals surface area contributed by atoms with Crippen LogP contribution < -0.4 is 5.56 Å². The zero-order chi connectivity index (χ0) is 19.1. The van der Waals surface area contributed by atoms with Gasteiger partial charge in [0.05, 0.1) is 18.0 Å². The number of carboxylic acids is 1. The van der Waals surface area contributed by atoms with Gasteiger partial charge in [-0.05, 0) is 30.2 Å². The van der Waals surface area contributed by atoms with Gasteiger partial charge in [0.2, 0.25) is 0 Å². The zero-order valence-corrected chi connectivity index (χ0v) is 14.9. The molecule has 27 heavy (non-hydrogen) atoms. The summed E-state index contributed by atoms with van der Waals surface area (Å²) in [6, 6.07) is 1.49. The number of likely N-dealkylation sites (N-methyl/N-ethyl adjacent to an activating group) is 1. The second kappa shape index (κ2) is 6.42. The fraction of sp³-hybridized carbons (Fsp3) is 0.250. The molecule has 2 aromatic rings. The van der Waals surface area contributed by atoms with E-state index < -0.39 is 5.97 Å². The Morgan fingerprint density at radius 2 is 2.30 bits per heavy atom. The van der Waals surface area contributed by atoms with Crippen LogP contribution in [0.1, 0.15) is 12.0 Å². The summed E-state index contributed by atoms with van der Waals surface area (Å²) in [5.41, 5.74) is 2.27. The summed E-state index contributed by atoms with van der Waals surface area (Å²) in [7, 11) is 1.88. The molecule has 2 aromatic heterocycles. The van der Waals surface area contributed by atoms with Crippen molar-refractivity contribution in [3.63, 3.8) is 0 Å². The Labute approximate surface area is 155 Å². The van der Waals surface area contributed by atoms with E-state index in [0.717, 1.165) is 16.5 Å². The lowest BCUT2D eigenvalue weighted by Crippen LogP contribution is -2.35. The van der Waals surface area contributed by atoms with Crippen LogP contribution in [0.5, 0.6) is 0 Å². The molecule has 0 saturated carbocycles. The maximum Gasteiger partial charge on any atom is 0.335 e. The van der Waals surface area contributed by atoms with Crippen LogP contribution in [0.25, 0.3) is 16.5 Å². The number of hydrogen-bond donors (Lipinski definition) is 2. The van der Waals surface area contributed by atoms with Gasteiger partial charge in [-0.3, -0.25) is 9.79 Å². The number of rotatable bonds is 5. The second-order valence-corrected chi connectivity index (χ2v) is 6.78. The van der Waals surface area contributed by atoms with E-state index in [9.17, 15) is 14.7 Å². The summed E-state index contributed by atoms with van der Waals surface area (Å²) in [6.07, 6.45) is 11.1. The van der Waals surface area contributed by atoms with Gasteiger partial charge in [-0.2, -0.15) is 0 Å². The van der Waals surface area contributed by atoms with Crippen LogP contribution in [-0.2, 0) is 11.3 Å². The number of aliphatic carboxylic acids is 1. The number of allylic oxidation sites excluding steroid dienone is 1. The van der Waals surface area contributed by atoms with Gasteiger partial charge in [0.15, 0.2) is 0 Å². The molecule has 1 aliphatic heterocycles. The van der Waals surface area contributed by atoms with Crippen LogP contribution in [-0.4, -0.2) is 51.0 Å². The fourth-order valence-electron chi connectivity index (χ4n) is 3.72. The first kappa shape index (κ1) is 17.1. The first-order valence-corrected chi connectivity index (χ1v) is 8.75. The molecule has 0 saturated heterocycles. The van der Waals surface area contributed by atoms with Gasteiger partial charge in [-0.15, -0.1) is 6.58 Å². The number of aliphatic imine (C=N–C) groups is 1. The zero-order valence-electron chi connectivity index (χ0n) is 14.9. The predicted octanol–water partition coefficient (Wildman–Crippen LogP) is 2.02. The molecule has 2 aliphatic rings. The summed E-state index contributed by atoms with van der Waals surface area (Å²) in [6.45, 7) is 4.23. The monoisotopic (exact) mass is 364 g/mol. The van der Waals surface area contributed by atoms with Gasteiger partial charge in [0, 0.05) is 36.9 Å². The summed E-state index contributed by atoms with van der Waals surface area (Å²) in [4.78, 5) is 33.9. The summed E-state index contributed by atoms with van der Waals surface area (Å²) >= 11 is 0. The van der Waals surface area contributed by atoms with E-state index in [1.54, 1.807) is 35.3 Å². The topological polar surface area (TPSA) is 90.7 Å². The molecule has 2 atom stereocenters.